The highest BCUT2D eigenvalue weighted by Crippen LogP contribution is 2.32. The molecule has 0 saturated carbocycles. The third-order valence-corrected chi connectivity index (χ3v) is 3.93. The van der Waals surface area contributed by atoms with Crippen molar-refractivity contribution in [1.29, 1.82) is 0 Å². The average Bonchev–Trinajstić information content (AvgIpc) is 2.61. The molecule has 1 N–H and O–H groups in total. The van der Waals surface area contributed by atoms with Crippen molar-refractivity contribution >= 4 is 12.0 Å². The molecule has 4 heteroatoms. The summed E-state index contributed by atoms with van der Waals surface area (Å²) in [5.74, 6) is 1.36. The van der Waals surface area contributed by atoms with Crippen molar-refractivity contribution < 1.29 is 14.3 Å². The minimum Gasteiger partial charge on any atom is -0.486 e. The summed E-state index contributed by atoms with van der Waals surface area (Å²) in [4.78, 5) is 12.1. The zero-order valence-electron chi connectivity index (χ0n) is 13.9. The Morgan fingerprint density at radius 1 is 1.08 bits per heavy atom. The zero-order valence-corrected chi connectivity index (χ0v) is 13.9. The lowest BCUT2D eigenvalue weighted by Gasteiger charge is -2.20. The third-order valence-electron chi connectivity index (χ3n) is 3.93. The molecule has 3 rings (SSSR count). The molecule has 0 radical (unpaired) electrons. The molecule has 1 aliphatic heterocycles. The number of aryl methyl sites for hydroxylation is 1. The third kappa shape index (κ3) is 3.96. The summed E-state index contributed by atoms with van der Waals surface area (Å²) in [5.41, 5.74) is 3.18. The number of hydrogen-bond donors (Lipinski definition) is 1. The minimum absolute atomic E-state index is 0.115. The summed E-state index contributed by atoms with van der Waals surface area (Å²) >= 11 is 0. The van der Waals surface area contributed by atoms with Gasteiger partial charge in [0.2, 0.25) is 5.91 Å². The molecule has 1 aliphatic rings. The van der Waals surface area contributed by atoms with E-state index in [-0.39, 0.29) is 11.9 Å². The lowest BCUT2D eigenvalue weighted by atomic mass is 10.1. The van der Waals surface area contributed by atoms with Crippen molar-refractivity contribution in [3.05, 3.63) is 65.2 Å². The Labute approximate surface area is 142 Å². The second-order valence-electron chi connectivity index (χ2n) is 5.88. The van der Waals surface area contributed by atoms with Crippen LogP contribution in [0.1, 0.15) is 29.7 Å². The number of nitrogens with one attached hydrogen (secondary N) is 1. The quantitative estimate of drug-likeness (QED) is 0.874. The van der Waals surface area contributed by atoms with E-state index in [0.717, 1.165) is 22.6 Å². The molecule has 4 nitrogen and oxygen atoms in total. The van der Waals surface area contributed by atoms with E-state index in [9.17, 15) is 4.79 Å². The van der Waals surface area contributed by atoms with Crippen LogP contribution in [-0.4, -0.2) is 19.1 Å². The van der Waals surface area contributed by atoms with E-state index in [4.69, 9.17) is 9.47 Å². The molecular formula is C20H21NO3. The predicted molar refractivity (Wildman–Crippen MR) is 94.2 cm³/mol. The Morgan fingerprint density at radius 3 is 2.54 bits per heavy atom. The summed E-state index contributed by atoms with van der Waals surface area (Å²) in [6, 6.07) is 13.7. The molecule has 0 saturated heterocycles. The smallest absolute Gasteiger partial charge is 0.244 e. The Morgan fingerprint density at radius 2 is 1.79 bits per heavy atom. The summed E-state index contributed by atoms with van der Waals surface area (Å²) in [6.07, 6.45) is 3.37. The van der Waals surface area contributed by atoms with Gasteiger partial charge in [-0.05, 0) is 43.2 Å². The van der Waals surface area contributed by atoms with Crippen LogP contribution >= 0.6 is 0 Å². The Balaban J connectivity index is 1.62. The van der Waals surface area contributed by atoms with Gasteiger partial charge in [-0.15, -0.1) is 0 Å². The zero-order chi connectivity index (χ0) is 16.9. The van der Waals surface area contributed by atoms with Crippen LogP contribution in [-0.2, 0) is 4.79 Å². The van der Waals surface area contributed by atoms with Crippen LogP contribution in [0.2, 0.25) is 0 Å². The van der Waals surface area contributed by atoms with Crippen molar-refractivity contribution in [2.45, 2.75) is 19.9 Å². The van der Waals surface area contributed by atoms with Crippen LogP contribution in [0.5, 0.6) is 11.5 Å². The van der Waals surface area contributed by atoms with E-state index in [1.807, 2.05) is 62.4 Å². The lowest BCUT2D eigenvalue weighted by molar-refractivity contribution is -0.117. The first-order valence-electron chi connectivity index (χ1n) is 8.06. The maximum absolute atomic E-state index is 12.1. The topological polar surface area (TPSA) is 47.6 Å². The molecule has 0 spiro atoms. The summed E-state index contributed by atoms with van der Waals surface area (Å²) in [7, 11) is 0. The minimum atomic E-state index is -0.127. The summed E-state index contributed by atoms with van der Waals surface area (Å²) < 4.78 is 11.1. The maximum atomic E-state index is 12.1. The second-order valence-corrected chi connectivity index (χ2v) is 5.88. The van der Waals surface area contributed by atoms with E-state index >= 15 is 0 Å². The molecular weight excluding hydrogens is 302 g/mol. The van der Waals surface area contributed by atoms with Gasteiger partial charge in [0, 0.05) is 6.08 Å². The van der Waals surface area contributed by atoms with Gasteiger partial charge >= 0.3 is 0 Å². The largest absolute Gasteiger partial charge is 0.486 e. The Bertz CT molecular complexity index is 750. The van der Waals surface area contributed by atoms with Gasteiger partial charge in [-0.2, -0.15) is 0 Å². The SMILES string of the molecule is Cc1ccc(/C=C/C(=O)N[C@H](C)c2ccc3c(c2)OCCO3)cc1. The van der Waals surface area contributed by atoms with Crippen molar-refractivity contribution in [2.24, 2.45) is 0 Å². The first-order chi connectivity index (χ1) is 11.6. The average molecular weight is 323 g/mol. The number of benzene rings is 2. The van der Waals surface area contributed by atoms with Crippen molar-refractivity contribution in [1.82, 2.24) is 5.32 Å². The fourth-order valence-electron chi connectivity index (χ4n) is 2.52. The molecule has 124 valence electrons. The van der Waals surface area contributed by atoms with E-state index in [1.54, 1.807) is 6.08 Å². The van der Waals surface area contributed by atoms with Gasteiger partial charge in [0.1, 0.15) is 13.2 Å². The van der Waals surface area contributed by atoms with E-state index in [2.05, 4.69) is 5.32 Å². The molecule has 0 aliphatic carbocycles. The van der Waals surface area contributed by atoms with Crippen molar-refractivity contribution in [2.75, 3.05) is 13.2 Å². The molecule has 1 atom stereocenters. The molecule has 0 aromatic heterocycles. The molecule has 0 unspecified atom stereocenters. The number of rotatable bonds is 4. The van der Waals surface area contributed by atoms with Crippen LogP contribution in [0.15, 0.2) is 48.5 Å². The van der Waals surface area contributed by atoms with E-state index in [1.165, 1.54) is 5.56 Å². The van der Waals surface area contributed by atoms with Crippen LogP contribution in [0.3, 0.4) is 0 Å². The van der Waals surface area contributed by atoms with Gasteiger partial charge in [-0.1, -0.05) is 35.9 Å². The van der Waals surface area contributed by atoms with Gasteiger partial charge in [-0.25, -0.2) is 0 Å². The summed E-state index contributed by atoms with van der Waals surface area (Å²) in [6.45, 7) is 5.11. The molecule has 24 heavy (non-hydrogen) atoms. The highest BCUT2D eigenvalue weighted by molar-refractivity contribution is 5.92. The van der Waals surface area contributed by atoms with Crippen molar-refractivity contribution in [3.63, 3.8) is 0 Å². The first-order valence-corrected chi connectivity index (χ1v) is 8.06. The van der Waals surface area contributed by atoms with Crippen LogP contribution in [0, 0.1) is 6.92 Å². The van der Waals surface area contributed by atoms with Gasteiger partial charge in [-0.3, -0.25) is 4.79 Å². The fourth-order valence-corrected chi connectivity index (χ4v) is 2.52. The monoisotopic (exact) mass is 323 g/mol. The van der Waals surface area contributed by atoms with E-state index in [0.29, 0.717) is 13.2 Å². The Kier molecular flexibility index (Phi) is 4.85. The number of carbonyl (C=O) groups is 1. The summed E-state index contributed by atoms with van der Waals surface area (Å²) in [5, 5.41) is 2.96. The highest BCUT2D eigenvalue weighted by Gasteiger charge is 2.15. The molecule has 1 heterocycles. The fraction of sp³-hybridized carbons (Fsp3) is 0.250. The van der Waals surface area contributed by atoms with Crippen LogP contribution in [0.4, 0.5) is 0 Å². The number of fused-ring (bicyclic) bond motifs is 1. The normalized spacial score (nSPS) is 14.4. The predicted octanol–water partition coefficient (Wildman–Crippen LogP) is 3.66. The van der Waals surface area contributed by atoms with Gasteiger partial charge in [0.25, 0.3) is 0 Å². The van der Waals surface area contributed by atoms with Crippen LogP contribution in [0.25, 0.3) is 6.08 Å². The first kappa shape index (κ1) is 16.1. The van der Waals surface area contributed by atoms with E-state index < -0.39 is 0 Å². The van der Waals surface area contributed by atoms with Gasteiger partial charge in [0.05, 0.1) is 6.04 Å². The molecule has 0 bridgehead atoms. The number of ether oxygens (including phenoxy) is 2. The van der Waals surface area contributed by atoms with Crippen molar-refractivity contribution in [3.8, 4) is 11.5 Å². The second kappa shape index (κ2) is 7.21. The van der Waals surface area contributed by atoms with Gasteiger partial charge in [0.15, 0.2) is 11.5 Å². The number of hydrogen-bond acceptors (Lipinski definition) is 3. The Hall–Kier alpha value is -2.75. The molecule has 2 aromatic carbocycles. The maximum Gasteiger partial charge on any atom is 0.244 e. The lowest BCUT2D eigenvalue weighted by Crippen LogP contribution is -2.25. The number of carbonyl (C=O) groups excluding carboxylic acids is 1. The number of amides is 1. The molecule has 1 amide bonds. The van der Waals surface area contributed by atoms with Crippen LogP contribution < -0.4 is 14.8 Å². The van der Waals surface area contributed by atoms with Gasteiger partial charge < -0.3 is 14.8 Å². The molecule has 2 aromatic rings. The highest BCUT2D eigenvalue weighted by atomic mass is 16.6. The molecule has 0 fully saturated rings. The standard InChI is InChI=1S/C20H21NO3/c1-14-3-5-16(6-4-14)7-10-20(22)21-15(2)17-8-9-18-19(13-17)24-12-11-23-18/h3-10,13,15H,11-12H2,1-2H3,(H,21,22)/b10-7+/t15-/m1/s1.